The van der Waals surface area contributed by atoms with Crippen LogP contribution in [0.2, 0.25) is 0 Å². The molecule has 0 radical (unpaired) electrons. The van der Waals surface area contributed by atoms with Crippen molar-refractivity contribution in [2.24, 2.45) is 16.6 Å². The fourth-order valence-corrected chi connectivity index (χ4v) is 3.66. The molecule has 0 aliphatic carbocycles. The molecule has 6 heteroatoms. The monoisotopic (exact) mass is 325 g/mol. The van der Waals surface area contributed by atoms with E-state index >= 15 is 0 Å². The van der Waals surface area contributed by atoms with Crippen molar-refractivity contribution in [3.8, 4) is 6.07 Å². The van der Waals surface area contributed by atoms with E-state index < -0.39 is 5.54 Å². The number of rotatable bonds is 2. The van der Waals surface area contributed by atoms with Crippen molar-refractivity contribution < 1.29 is 4.79 Å². The first kappa shape index (κ1) is 16.3. The number of benzene rings is 1. The van der Waals surface area contributed by atoms with Gasteiger partial charge in [-0.15, -0.1) is 0 Å². The minimum absolute atomic E-state index is 0.0219. The Bertz CT molecular complexity index is 722. The quantitative estimate of drug-likeness (QED) is 0.897. The number of carbonyl (C=O) groups is 1. The molecule has 1 fully saturated rings. The summed E-state index contributed by atoms with van der Waals surface area (Å²) in [6, 6.07) is 9.86. The van der Waals surface area contributed by atoms with Crippen molar-refractivity contribution in [3.05, 3.63) is 29.8 Å². The van der Waals surface area contributed by atoms with Crippen LogP contribution in [-0.4, -0.2) is 42.4 Å². The Morgan fingerprint density at radius 3 is 2.96 bits per heavy atom. The van der Waals surface area contributed by atoms with E-state index in [1.54, 1.807) is 7.05 Å². The van der Waals surface area contributed by atoms with Crippen molar-refractivity contribution in [1.29, 1.82) is 5.26 Å². The van der Waals surface area contributed by atoms with Gasteiger partial charge in [0, 0.05) is 31.7 Å². The Balaban J connectivity index is 1.83. The number of nitrogens with zero attached hydrogens (tertiary/aromatic N) is 4. The third kappa shape index (κ3) is 2.94. The largest absolute Gasteiger partial charge is 0.371 e. The number of piperidine rings is 1. The Morgan fingerprint density at radius 2 is 2.25 bits per heavy atom. The second-order valence-corrected chi connectivity index (χ2v) is 6.90. The number of hydrogen-bond acceptors (Lipinski definition) is 5. The standard InChI is InChI=1S/C18H23N5O/c1-18(10-16(24)22(2)17(20)21-18)14-6-4-8-23(12-14)15-7-3-5-13(9-15)11-19/h3,5,7,9,14H,4,6,8,10,12H2,1-2H3,(H2,20,21)/t14?,18-/m0/s1. The molecular weight excluding hydrogens is 302 g/mol. The van der Waals surface area contributed by atoms with Crippen molar-refractivity contribution in [2.75, 3.05) is 25.0 Å². The van der Waals surface area contributed by atoms with Gasteiger partial charge in [0.05, 0.1) is 23.6 Å². The second-order valence-electron chi connectivity index (χ2n) is 6.90. The van der Waals surface area contributed by atoms with E-state index in [2.05, 4.69) is 16.0 Å². The third-order valence-electron chi connectivity index (χ3n) is 5.24. The third-order valence-corrected chi connectivity index (χ3v) is 5.24. The molecule has 1 amide bonds. The van der Waals surface area contributed by atoms with E-state index in [0.29, 0.717) is 17.9 Å². The summed E-state index contributed by atoms with van der Waals surface area (Å²) in [6.45, 7) is 3.80. The summed E-state index contributed by atoms with van der Waals surface area (Å²) in [5.74, 6) is 0.583. The van der Waals surface area contributed by atoms with Crippen LogP contribution in [0.5, 0.6) is 0 Å². The molecule has 0 aromatic heterocycles. The van der Waals surface area contributed by atoms with E-state index in [1.807, 2.05) is 31.2 Å². The fraction of sp³-hybridized carbons (Fsp3) is 0.500. The molecule has 1 aromatic carbocycles. The lowest BCUT2D eigenvalue weighted by Crippen LogP contribution is -2.54. The van der Waals surface area contributed by atoms with Gasteiger partial charge in [-0.25, -0.2) is 4.99 Å². The molecule has 2 aliphatic heterocycles. The first-order valence-electron chi connectivity index (χ1n) is 8.30. The zero-order chi connectivity index (χ0) is 17.3. The highest BCUT2D eigenvalue weighted by Crippen LogP contribution is 2.36. The van der Waals surface area contributed by atoms with E-state index in [-0.39, 0.29) is 11.8 Å². The average molecular weight is 325 g/mol. The van der Waals surface area contributed by atoms with Gasteiger partial charge < -0.3 is 10.6 Å². The molecular formula is C18H23N5O. The number of amides is 1. The molecule has 2 aliphatic rings. The van der Waals surface area contributed by atoms with Gasteiger partial charge in [0.25, 0.3) is 0 Å². The van der Waals surface area contributed by atoms with Crippen LogP contribution >= 0.6 is 0 Å². The molecule has 0 spiro atoms. The van der Waals surface area contributed by atoms with Crippen molar-refractivity contribution in [2.45, 2.75) is 31.7 Å². The first-order chi connectivity index (χ1) is 11.4. The predicted octanol–water partition coefficient (Wildman–Crippen LogP) is 1.71. The minimum Gasteiger partial charge on any atom is -0.371 e. The number of carbonyl (C=O) groups excluding carboxylic acids is 1. The van der Waals surface area contributed by atoms with Crippen molar-refractivity contribution in [3.63, 3.8) is 0 Å². The molecule has 1 aromatic rings. The van der Waals surface area contributed by atoms with Crippen LogP contribution in [0.4, 0.5) is 5.69 Å². The topological polar surface area (TPSA) is 85.7 Å². The molecule has 6 nitrogen and oxygen atoms in total. The normalized spacial score (nSPS) is 27.6. The van der Waals surface area contributed by atoms with Gasteiger partial charge in [-0.1, -0.05) is 6.07 Å². The SMILES string of the molecule is CN1C(=O)C[C@@](C)(C2CCCN(c3cccc(C#N)c3)C2)N=C1N. The highest BCUT2D eigenvalue weighted by Gasteiger charge is 2.42. The van der Waals surface area contributed by atoms with Gasteiger partial charge in [-0.05, 0) is 38.0 Å². The van der Waals surface area contributed by atoms with Gasteiger partial charge in [0.15, 0.2) is 5.96 Å². The maximum Gasteiger partial charge on any atom is 0.231 e. The highest BCUT2D eigenvalue weighted by atomic mass is 16.2. The number of nitriles is 1. The Hall–Kier alpha value is -2.55. The predicted molar refractivity (Wildman–Crippen MR) is 93.5 cm³/mol. The van der Waals surface area contributed by atoms with Gasteiger partial charge in [0.2, 0.25) is 5.91 Å². The molecule has 1 saturated heterocycles. The highest BCUT2D eigenvalue weighted by molar-refractivity contribution is 5.98. The van der Waals surface area contributed by atoms with Gasteiger partial charge >= 0.3 is 0 Å². The van der Waals surface area contributed by atoms with Crippen LogP contribution in [0.25, 0.3) is 0 Å². The van der Waals surface area contributed by atoms with E-state index in [0.717, 1.165) is 31.6 Å². The molecule has 2 N–H and O–H groups in total. The van der Waals surface area contributed by atoms with Gasteiger partial charge in [0.1, 0.15) is 0 Å². The Morgan fingerprint density at radius 1 is 1.46 bits per heavy atom. The maximum absolute atomic E-state index is 12.2. The molecule has 3 rings (SSSR count). The van der Waals surface area contributed by atoms with Crippen molar-refractivity contribution in [1.82, 2.24) is 4.90 Å². The summed E-state index contributed by atoms with van der Waals surface area (Å²) < 4.78 is 0. The summed E-state index contributed by atoms with van der Waals surface area (Å²) in [7, 11) is 1.67. The van der Waals surface area contributed by atoms with E-state index in [4.69, 9.17) is 11.0 Å². The number of guanidine groups is 1. The fourth-order valence-electron chi connectivity index (χ4n) is 3.66. The van der Waals surface area contributed by atoms with Gasteiger partial charge in [-0.3, -0.25) is 9.69 Å². The zero-order valence-electron chi connectivity index (χ0n) is 14.2. The average Bonchev–Trinajstić information content (AvgIpc) is 2.60. The van der Waals surface area contributed by atoms with E-state index in [1.165, 1.54) is 4.90 Å². The molecule has 0 bridgehead atoms. The molecule has 126 valence electrons. The number of nitrogens with two attached hydrogens (primary N) is 1. The number of aliphatic imine (C=N–C) groups is 1. The van der Waals surface area contributed by atoms with Crippen LogP contribution in [0.3, 0.4) is 0 Å². The Kier molecular flexibility index (Phi) is 4.18. The maximum atomic E-state index is 12.2. The molecule has 0 saturated carbocycles. The van der Waals surface area contributed by atoms with Crippen LogP contribution in [0.15, 0.2) is 29.3 Å². The lowest BCUT2D eigenvalue weighted by Gasteiger charge is -2.44. The van der Waals surface area contributed by atoms with Crippen LogP contribution in [-0.2, 0) is 4.79 Å². The number of anilines is 1. The van der Waals surface area contributed by atoms with Crippen LogP contribution < -0.4 is 10.6 Å². The second kappa shape index (κ2) is 6.16. The number of hydrogen-bond donors (Lipinski definition) is 1. The Labute approximate surface area is 142 Å². The summed E-state index contributed by atoms with van der Waals surface area (Å²) in [5, 5.41) is 9.10. The minimum atomic E-state index is -0.459. The molecule has 24 heavy (non-hydrogen) atoms. The molecule has 1 unspecified atom stereocenters. The van der Waals surface area contributed by atoms with Crippen LogP contribution in [0.1, 0.15) is 31.7 Å². The zero-order valence-corrected chi connectivity index (χ0v) is 14.2. The smallest absolute Gasteiger partial charge is 0.231 e. The summed E-state index contributed by atoms with van der Waals surface area (Å²) in [5.41, 5.74) is 7.20. The molecule has 2 atom stereocenters. The lowest BCUT2D eigenvalue weighted by atomic mass is 9.77. The summed E-state index contributed by atoms with van der Waals surface area (Å²) in [6.07, 6.45) is 2.45. The molecule has 2 heterocycles. The first-order valence-corrected chi connectivity index (χ1v) is 8.30. The van der Waals surface area contributed by atoms with Gasteiger partial charge in [-0.2, -0.15) is 5.26 Å². The van der Waals surface area contributed by atoms with E-state index in [9.17, 15) is 4.79 Å². The summed E-state index contributed by atoms with van der Waals surface area (Å²) in [4.78, 5) is 20.6. The van der Waals surface area contributed by atoms with Crippen LogP contribution in [0, 0.1) is 17.2 Å². The lowest BCUT2D eigenvalue weighted by molar-refractivity contribution is -0.129. The van der Waals surface area contributed by atoms with Crippen molar-refractivity contribution >= 4 is 17.6 Å². The summed E-state index contributed by atoms with van der Waals surface area (Å²) >= 11 is 0.